The molecule has 7 heteroatoms. The summed E-state index contributed by atoms with van der Waals surface area (Å²) in [4.78, 5) is 11.4. The standard InChI is InChI=1S/C8H12F3NO3/c9-8(10,11)7(15)12-3-6(14)2-1-5(12)4-13/h5-6,13-14H,1-4H2/t5-,6-/m1/s1. The largest absolute Gasteiger partial charge is 0.471 e. The Bertz CT molecular complexity index is 244. The number of amides is 1. The van der Waals surface area contributed by atoms with Crippen molar-refractivity contribution in [2.45, 2.75) is 31.2 Å². The van der Waals surface area contributed by atoms with Crippen LogP contribution < -0.4 is 0 Å². The van der Waals surface area contributed by atoms with E-state index >= 15 is 0 Å². The smallest absolute Gasteiger partial charge is 0.394 e. The number of alkyl halides is 3. The summed E-state index contributed by atoms with van der Waals surface area (Å²) in [5.41, 5.74) is 0. The molecule has 2 atom stereocenters. The second-order valence-electron chi connectivity index (χ2n) is 3.52. The second kappa shape index (κ2) is 4.36. The van der Waals surface area contributed by atoms with E-state index in [2.05, 4.69) is 0 Å². The van der Waals surface area contributed by atoms with Gasteiger partial charge in [-0.05, 0) is 12.8 Å². The van der Waals surface area contributed by atoms with Crippen LogP contribution in [0.2, 0.25) is 0 Å². The highest BCUT2D eigenvalue weighted by Gasteiger charge is 2.46. The lowest BCUT2D eigenvalue weighted by Crippen LogP contribution is -2.54. The van der Waals surface area contributed by atoms with Crippen LogP contribution in [0.1, 0.15) is 12.8 Å². The van der Waals surface area contributed by atoms with Gasteiger partial charge in [0, 0.05) is 6.54 Å². The van der Waals surface area contributed by atoms with Crippen molar-refractivity contribution in [2.75, 3.05) is 13.2 Å². The molecule has 0 aromatic carbocycles. The Labute approximate surface area is 84.3 Å². The van der Waals surface area contributed by atoms with E-state index in [0.717, 1.165) is 0 Å². The minimum atomic E-state index is -4.95. The van der Waals surface area contributed by atoms with Crippen LogP contribution in [-0.4, -0.2) is 52.5 Å². The monoisotopic (exact) mass is 227 g/mol. The maximum Gasteiger partial charge on any atom is 0.471 e. The number of carbonyl (C=O) groups is 1. The molecule has 2 N–H and O–H groups in total. The van der Waals surface area contributed by atoms with Crippen LogP contribution in [0.4, 0.5) is 13.2 Å². The minimum absolute atomic E-state index is 0.180. The summed E-state index contributed by atoms with van der Waals surface area (Å²) in [7, 11) is 0. The SMILES string of the molecule is O=C(N1C[C@H](O)CC[C@@H]1CO)C(F)(F)F. The lowest BCUT2D eigenvalue weighted by atomic mass is 10.0. The molecular weight excluding hydrogens is 215 g/mol. The molecule has 88 valence electrons. The van der Waals surface area contributed by atoms with Crippen molar-refractivity contribution in [3.8, 4) is 0 Å². The number of halogens is 3. The zero-order valence-electron chi connectivity index (χ0n) is 7.87. The van der Waals surface area contributed by atoms with Crippen LogP contribution in [0.15, 0.2) is 0 Å². The quantitative estimate of drug-likeness (QED) is 0.657. The molecule has 0 unspecified atom stereocenters. The predicted octanol–water partition coefficient (Wildman–Crippen LogP) is -0.107. The highest BCUT2D eigenvalue weighted by Crippen LogP contribution is 2.24. The van der Waals surface area contributed by atoms with Gasteiger partial charge in [-0.15, -0.1) is 0 Å². The molecule has 1 rings (SSSR count). The molecule has 0 aromatic heterocycles. The van der Waals surface area contributed by atoms with Gasteiger partial charge in [-0.3, -0.25) is 4.79 Å². The van der Waals surface area contributed by atoms with Crippen LogP contribution >= 0.6 is 0 Å². The molecule has 0 aliphatic carbocycles. The third kappa shape index (κ3) is 2.82. The average molecular weight is 227 g/mol. The molecule has 15 heavy (non-hydrogen) atoms. The van der Waals surface area contributed by atoms with Gasteiger partial charge in [-0.1, -0.05) is 0 Å². The normalized spacial score (nSPS) is 27.9. The van der Waals surface area contributed by atoms with Gasteiger partial charge in [0.15, 0.2) is 0 Å². The van der Waals surface area contributed by atoms with Gasteiger partial charge < -0.3 is 15.1 Å². The number of piperidine rings is 1. The summed E-state index contributed by atoms with van der Waals surface area (Å²) in [6.45, 7) is -0.891. The van der Waals surface area contributed by atoms with Gasteiger partial charge in [0.1, 0.15) is 0 Å². The molecule has 0 radical (unpaired) electrons. The van der Waals surface area contributed by atoms with E-state index in [1.807, 2.05) is 0 Å². The number of hydrogen-bond donors (Lipinski definition) is 2. The van der Waals surface area contributed by atoms with Crippen LogP contribution in [0, 0.1) is 0 Å². The summed E-state index contributed by atoms with van der Waals surface area (Å²) in [6.07, 6.45) is -5.42. The highest BCUT2D eigenvalue weighted by atomic mass is 19.4. The maximum absolute atomic E-state index is 12.1. The number of hydrogen-bond acceptors (Lipinski definition) is 3. The topological polar surface area (TPSA) is 60.8 Å². The fraction of sp³-hybridized carbons (Fsp3) is 0.875. The highest BCUT2D eigenvalue weighted by molar-refractivity contribution is 5.82. The van der Waals surface area contributed by atoms with Crippen molar-refractivity contribution in [3.05, 3.63) is 0 Å². The zero-order valence-corrected chi connectivity index (χ0v) is 7.87. The first-order valence-corrected chi connectivity index (χ1v) is 4.53. The Morgan fingerprint density at radius 2 is 2.00 bits per heavy atom. The molecule has 4 nitrogen and oxygen atoms in total. The molecule has 1 amide bonds. The molecule has 1 aliphatic rings. The van der Waals surface area contributed by atoms with Crippen LogP contribution in [-0.2, 0) is 4.79 Å². The van der Waals surface area contributed by atoms with Crippen molar-refractivity contribution >= 4 is 5.91 Å². The fourth-order valence-corrected chi connectivity index (χ4v) is 1.61. The summed E-state index contributed by atoms with van der Waals surface area (Å²) >= 11 is 0. The van der Waals surface area contributed by atoms with Crippen molar-refractivity contribution < 1.29 is 28.2 Å². The summed E-state index contributed by atoms with van der Waals surface area (Å²) in [5, 5.41) is 18.0. The second-order valence-corrected chi connectivity index (χ2v) is 3.52. The Hall–Kier alpha value is -0.820. The van der Waals surface area contributed by atoms with E-state index in [4.69, 9.17) is 10.2 Å². The fourth-order valence-electron chi connectivity index (χ4n) is 1.61. The minimum Gasteiger partial charge on any atom is -0.394 e. The number of likely N-dealkylation sites (tertiary alicyclic amines) is 1. The number of rotatable bonds is 1. The summed E-state index contributed by atoms with van der Waals surface area (Å²) < 4.78 is 36.3. The third-order valence-corrected chi connectivity index (χ3v) is 2.40. The van der Waals surface area contributed by atoms with Gasteiger partial charge in [-0.2, -0.15) is 13.2 Å². The molecule has 1 fully saturated rings. The van der Waals surface area contributed by atoms with Crippen molar-refractivity contribution in [1.29, 1.82) is 0 Å². The number of nitrogens with zero attached hydrogens (tertiary/aromatic N) is 1. The molecule has 1 heterocycles. The van der Waals surface area contributed by atoms with Crippen LogP contribution in [0.25, 0.3) is 0 Å². The number of aliphatic hydroxyl groups is 2. The molecular formula is C8H12F3NO3. The maximum atomic E-state index is 12.1. The molecule has 0 saturated carbocycles. The average Bonchev–Trinajstić information content (AvgIpc) is 2.15. The van der Waals surface area contributed by atoms with Crippen molar-refractivity contribution in [2.24, 2.45) is 0 Å². The van der Waals surface area contributed by atoms with E-state index in [0.29, 0.717) is 11.3 Å². The van der Waals surface area contributed by atoms with E-state index in [1.54, 1.807) is 0 Å². The molecule has 1 aliphatic heterocycles. The number of aliphatic hydroxyl groups excluding tert-OH is 2. The van der Waals surface area contributed by atoms with E-state index in [9.17, 15) is 18.0 Å². The molecule has 0 spiro atoms. The van der Waals surface area contributed by atoms with Crippen molar-refractivity contribution in [1.82, 2.24) is 4.90 Å². The summed E-state index contributed by atoms with van der Waals surface area (Å²) in [5.74, 6) is -2.00. The molecule has 0 aromatic rings. The first kappa shape index (κ1) is 12.3. The van der Waals surface area contributed by atoms with E-state index < -0.39 is 30.8 Å². The summed E-state index contributed by atoms with van der Waals surface area (Å²) in [6, 6.07) is -0.845. The van der Waals surface area contributed by atoms with Gasteiger partial charge >= 0.3 is 12.1 Å². The Morgan fingerprint density at radius 3 is 2.47 bits per heavy atom. The Balaban J connectivity index is 2.75. The lowest BCUT2D eigenvalue weighted by molar-refractivity contribution is -0.192. The van der Waals surface area contributed by atoms with Gasteiger partial charge in [0.05, 0.1) is 18.8 Å². The first-order chi connectivity index (χ1) is 6.86. The Kier molecular flexibility index (Phi) is 3.56. The number of carbonyl (C=O) groups excluding carboxylic acids is 1. The van der Waals surface area contributed by atoms with Crippen LogP contribution in [0.5, 0.6) is 0 Å². The molecule has 0 bridgehead atoms. The lowest BCUT2D eigenvalue weighted by Gasteiger charge is -2.37. The third-order valence-electron chi connectivity index (χ3n) is 2.40. The van der Waals surface area contributed by atoms with E-state index in [-0.39, 0.29) is 13.0 Å². The zero-order chi connectivity index (χ0) is 11.6. The van der Waals surface area contributed by atoms with E-state index in [1.165, 1.54) is 0 Å². The predicted molar refractivity (Wildman–Crippen MR) is 43.9 cm³/mol. The van der Waals surface area contributed by atoms with Gasteiger partial charge in [0.25, 0.3) is 0 Å². The molecule has 1 saturated heterocycles. The van der Waals surface area contributed by atoms with Gasteiger partial charge in [-0.25, -0.2) is 0 Å². The van der Waals surface area contributed by atoms with Gasteiger partial charge in [0.2, 0.25) is 0 Å². The Morgan fingerprint density at radius 1 is 1.40 bits per heavy atom. The van der Waals surface area contributed by atoms with Crippen molar-refractivity contribution in [3.63, 3.8) is 0 Å². The number of β-amino-alcohol motifs (C(OH)–C–C–N with tert-alkyl or cyclic N) is 1. The van der Waals surface area contributed by atoms with Crippen LogP contribution in [0.3, 0.4) is 0 Å². The first-order valence-electron chi connectivity index (χ1n) is 4.53.